The summed E-state index contributed by atoms with van der Waals surface area (Å²) in [6.07, 6.45) is -1.55. The molecule has 0 fully saturated rings. The van der Waals surface area contributed by atoms with Crippen LogP contribution in [0.5, 0.6) is 0 Å². The minimum atomic E-state index is -1.55. The number of amides is 1. The van der Waals surface area contributed by atoms with Gasteiger partial charge in [0, 0.05) is 24.1 Å². The molecule has 0 bridgehead atoms. The maximum Gasteiger partial charge on any atom is 0.346 e. The third kappa shape index (κ3) is 6.54. The van der Waals surface area contributed by atoms with Gasteiger partial charge in [0.25, 0.3) is 5.82 Å². The summed E-state index contributed by atoms with van der Waals surface area (Å²) in [4.78, 5) is 35.1. The minimum absolute atomic E-state index is 0.0208. The Kier molecular flexibility index (Phi) is 7.64. The van der Waals surface area contributed by atoms with Crippen LogP contribution in [0.4, 0.5) is 4.39 Å². The van der Waals surface area contributed by atoms with E-state index in [0.717, 1.165) is 6.92 Å². The Morgan fingerprint density at radius 2 is 1.97 bits per heavy atom. The van der Waals surface area contributed by atoms with Gasteiger partial charge in [-0.25, -0.2) is 14.2 Å². The molecule has 2 aromatic carbocycles. The Balaban J connectivity index is 1.80. The van der Waals surface area contributed by atoms with E-state index in [9.17, 15) is 23.9 Å². The molecule has 1 aromatic heterocycles. The van der Waals surface area contributed by atoms with E-state index in [1.807, 2.05) is 0 Å². The molecule has 0 aliphatic carbocycles. The molecule has 33 heavy (non-hydrogen) atoms. The topological polar surface area (TPSA) is 150 Å². The Bertz CT molecular complexity index is 1140. The van der Waals surface area contributed by atoms with Crippen LogP contribution in [-0.2, 0) is 20.9 Å². The Hall–Kier alpha value is -3.90. The number of aromatic nitrogens is 4. The molecule has 11 nitrogen and oxygen atoms in total. The normalized spacial score (nSPS) is 11.8. The molecular weight excluding hydrogens is 459 g/mol. The highest BCUT2D eigenvalue weighted by Gasteiger charge is 2.26. The maximum absolute atomic E-state index is 14.1. The number of H-pyrrole nitrogens is 1. The zero-order valence-electron chi connectivity index (χ0n) is 17.2. The van der Waals surface area contributed by atoms with Crippen LogP contribution in [0.15, 0.2) is 42.5 Å². The molecule has 1 atom stereocenters. The number of benzene rings is 2. The molecule has 0 saturated heterocycles. The number of halogens is 2. The first-order valence-corrected chi connectivity index (χ1v) is 9.84. The van der Waals surface area contributed by atoms with Crippen LogP contribution in [-0.4, -0.2) is 61.2 Å². The van der Waals surface area contributed by atoms with Crippen LogP contribution >= 0.6 is 11.6 Å². The summed E-state index contributed by atoms with van der Waals surface area (Å²) in [5.41, 5.74) is 4.00. The molecule has 1 heterocycles. The average molecular weight is 477 g/mol. The van der Waals surface area contributed by atoms with E-state index in [4.69, 9.17) is 16.3 Å². The number of carboxylic acids is 1. The number of nitrogens with zero attached hydrogens (tertiary/aromatic N) is 4. The molecule has 0 unspecified atom stereocenters. The van der Waals surface area contributed by atoms with Crippen LogP contribution in [0.1, 0.15) is 23.1 Å². The highest BCUT2D eigenvalue weighted by atomic mass is 35.5. The van der Waals surface area contributed by atoms with Crippen molar-refractivity contribution in [1.29, 1.82) is 0 Å². The van der Waals surface area contributed by atoms with Crippen molar-refractivity contribution in [2.45, 2.75) is 19.6 Å². The standard InChI is InChI=1S/C20H18ClFN6O5/c1-11(29)33-17(20(31)32)10-28(25-19(30)18-23-26-27-24-18)9-12-2-4-13(5-3-12)15-8-14(21)6-7-16(15)22/h2-8,17H,9-10H2,1H3,(H,25,30)(H,31,32)(H,23,24,26,27)/t17-/m1/s1. The van der Waals surface area contributed by atoms with Gasteiger partial charge < -0.3 is 9.84 Å². The largest absolute Gasteiger partial charge is 0.478 e. The number of hydrazine groups is 1. The summed E-state index contributed by atoms with van der Waals surface area (Å²) < 4.78 is 19.0. The number of nitrogens with one attached hydrogen (secondary N) is 2. The van der Waals surface area contributed by atoms with Crippen molar-refractivity contribution >= 4 is 29.4 Å². The quantitative estimate of drug-likeness (QED) is 0.310. The third-order valence-corrected chi connectivity index (χ3v) is 4.58. The van der Waals surface area contributed by atoms with Gasteiger partial charge in [0.15, 0.2) is 0 Å². The van der Waals surface area contributed by atoms with Crippen LogP contribution < -0.4 is 5.43 Å². The number of esters is 1. The van der Waals surface area contributed by atoms with Crippen molar-refractivity contribution in [1.82, 2.24) is 31.1 Å². The average Bonchev–Trinajstić information content (AvgIpc) is 3.30. The van der Waals surface area contributed by atoms with Gasteiger partial charge in [-0.15, -0.1) is 10.2 Å². The van der Waals surface area contributed by atoms with Gasteiger partial charge in [-0.2, -0.15) is 5.21 Å². The highest BCUT2D eigenvalue weighted by Crippen LogP contribution is 2.26. The van der Waals surface area contributed by atoms with E-state index < -0.39 is 29.8 Å². The zero-order chi connectivity index (χ0) is 24.0. The number of carbonyl (C=O) groups is 3. The summed E-state index contributed by atoms with van der Waals surface area (Å²) >= 11 is 5.95. The molecule has 172 valence electrons. The van der Waals surface area contributed by atoms with Gasteiger partial charge in [0.1, 0.15) is 5.82 Å². The molecule has 0 radical (unpaired) electrons. The van der Waals surface area contributed by atoms with Crippen molar-refractivity contribution in [3.05, 3.63) is 64.7 Å². The smallest absolute Gasteiger partial charge is 0.346 e. The monoisotopic (exact) mass is 476 g/mol. The zero-order valence-corrected chi connectivity index (χ0v) is 17.9. The minimum Gasteiger partial charge on any atom is -0.478 e. The van der Waals surface area contributed by atoms with E-state index in [0.29, 0.717) is 21.7 Å². The fourth-order valence-corrected chi connectivity index (χ4v) is 3.07. The Morgan fingerprint density at radius 3 is 2.58 bits per heavy atom. The molecule has 0 aliphatic rings. The van der Waals surface area contributed by atoms with Crippen molar-refractivity contribution in [2.24, 2.45) is 0 Å². The van der Waals surface area contributed by atoms with Crippen molar-refractivity contribution in [3.63, 3.8) is 0 Å². The number of ether oxygens (including phenoxy) is 1. The van der Waals surface area contributed by atoms with E-state index in [-0.39, 0.29) is 18.9 Å². The number of tetrazole rings is 1. The van der Waals surface area contributed by atoms with Gasteiger partial charge in [0.2, 0.25) is 6.10 Å². The van der Waals surface area contributed by atoms with Gasteiger partial charge in [-0.05, 0) is 34.5 Å². The van der Waals surface area contributed by atoms with Crippen LogP contribution in [0.2, 0.25) is 5.02 Å². The number of rotatable bonds is 9. The second-order valence-electron chi connectivity index (χ2n) is 6.81. The molecular formula is C20H18ClFN6O5. The predicted octanol–water partition coefficient (Wildman–Crippen LogP) is 1.82. The van der Waals surface area contributed by atoms with Crippen molar-refractivity contribution < 1.29 is 28.6 Å². The number of hydrogen-bond donors (Lipinski definition) is 3. The lowest BCUT2D eigenvalue weighted by atomic mass is 10.0. The molecule has 13 heteroatoms. The fourth-order valence-electron chi connectivity index (χ4n) is 2.90. The third-order valence-electron chi connectivity index (χ3n) is 4.34. The summed E-state index contributed by atoms with van der Waals surface area (Å²) in [5.74, 6) is -3.65. The summed E-state index contributed by atoms with van der Waals surface area (Å²) in [6.45, 7) is 0.724. The summed E-state index contributed by atoms with van der Waals surface area (Å²) in [7, 11) is 0. The number of carboxylic acid groups (broad SMARTS) is 1. The lowest BCUT2D eigenvalue weighted by Crippen LogP contribution is -2.48. The summed E-state index contributed by atoms with van der Waals surface area (Å²) in [5, 5.41) is 23.5. The van der Waals surface area contributed by atoms with Crippen LogP contribution in [0.3, 0.4) is 0 Å². The molecule has 0 aliphatic heterocycles. The predicted molar refractivity (Wildman–Crippen MR) is 112 cm³/mol. The number of carbonyl (C=O) groups excluding carboxylic acids is 2. The van der Waals surface area contributed by atoms with Gasteiger partial charge in [0.05, 0.1) is 6.54 Å². The fraction of sp³-hybridized carbons (Fsp3) is 0.200. The van der Waals surface area contributed by atoms with E-state index >= 15 is 0 Å². The highest BCUT2D eigenvalue weighted by molar-refractivity contribution is 6.30. The molecule has 3 rings (SSSR count). The van der Waals surface area contributed by atoms with Gasteiger partial charge in [-0.3, -0.25) is 15.0 Å². The number of aliphatic carboxylic acids is 1. The SMILES string of the molecule is CC(=O)O[C@H](CN(Cc1ccc(-c2cc(Cl)ccc2F)cc1)NC(=O)c1nn[nH]n1)C(=O)O. The lowest BCUT2D eigenvalue weighted by molar-refractivity contribution is -0.164. The molecule has 3 N–H and O–H groups in total. The van der Waals surface area contributed by atoms with Crippen LogP contribution in [0, 0.1) is 5.82 Å². The maximum atomic E-state index is 14.1. The van der Waals surface area contributed by atoms with Crippen molar-refractivity contribution in [2.75, 3.05) is 6.54 Å². The van der Waals surface area contributed by atoms with E-state index in [1.54, 1.807) is 24.3 Å². The van der Waals surface area contributed by atoms with Crippen molar-refractivity contribution in [3.8, 4) is 11.1 Å². The lowest BCUT2D eigenvalue weighted by Gasteiger charge is -2.25. The first-order valence-electron chi connectivity index (χ1n) is 9.46. The van der Waals surface area contributed by atoms with Gasteiger partial charge >= 0.3 is 17.8 Å². The number of hydrogen-bond acceptors (Lipinski definition) is 8. The molecule has 3 aromatic rings. The van der Waals surface area contributed by atoms with Gasteiger partial charge in [-0.1, -0.05) is 35.9 Å². The molecule has 0 saturated carbocycles. The second-order valence-corrected chi connectivity index (χ2v) is 7.25. The molecule has 0 spiro atoms. The Morgan fingerprint density at radius 1 is 1.24 bits per heavy atom. The first kappa shape index (κ1) is 23.8. The van der Waals surface area contributed by atoms with Crippen LogP contribution in [0.25, 0.3) is 11.1 Å². The van der Waals surface area contributed by atoms with E-state index in [2.05, 4.69) is 26.0 Å². The van der Waals surface area contributed by atoms with E-state index in [1.165, 1.54) is 23.2 Å². The first-order chi connectivity index (χ1) is 15.7. The Labute approximate surface area is 191 Å². The number of aromatic amines is 1. The molecule has 1 amide bonds. The second kappa shape index (κ2) is 10.6. The summed E-state index contributed by atoms with van der Waals surface area (Å²) in [6, 6.07) is 10.9.